The fourth-order valence-corrected chi connectivity index (χ4v) is 4.78. The Hall–Kier alpha value is -0.460. The highest BCUT2D eigenvalue weighted by molar-refractivity contribution is 7.91. The van der Waals surface area contributed by atoms with E-state index in [2.05, 4.69) is 4.98 Å². The molecule has 1 aromatic heterocycles. The summed E-state index contributed by atoms with van der Waals surface area (Å²) < 4.78 is 22.7. The largest absolute Gasteiger partial charge is 0.396 e. The van der Waals surface area contributed by atoms with Crippen LogP contribution in [0.3, 0.4) is 0 Å². The lowest BCUT2D eigenvalue weighted by molar-refractivity contribution is 0.184. The summed E-state index contributed by atoms with van der Waals surface area (Å²) in [6, 6.07) is 0. The zero-order valence-electron chi connectivity index (χ0n) is 8.87. The predicted molar refractivity (Wildman–Crippen MR) is 63.2 cm³/mol. The molecule has 2 atom stereocenters. The molecular weight excluding hydrogens is 246 g/mol. The van der Waals surface area contributed by atoms with E-state index in [1.165, 1.54) is 0 Å². The van der Waals surface area contributed by atoms with Crippen LogP contribution in [0.4, 0.5) is 0 Å². The van der Waals surface area contributed by atoms with Crippen LogP contribution in [-0.4, -0.2) is 36.6 Å². The van der Waals surface area contributed by atoms with E-state index in [0.717, 1.165) is 5.01 Å². The maximum Gasteiger partial charge on any atom is 0.150 e. The molecule has 90 valence electrons. The van der Waals surface area contributed by atoms with Crippen LogP contribution in [0.25, 0.3) is 0 Å². The van der Waals surface area contributed by atoms with Crippen LogP contribution < -0.4 is 0 Å². The highest BCUT2D eigenvalue weighted by Gasteiger charge is 2.33. The number of hydrogen-bond acceptors (Lipinski definition) is 5. The minimum Gasteiger partial charge on any atom is -0.396 e. The number of aliphatic hydroxyl groups is 1. The van der Waals surface area contributed by atoms with Crippen molar-refractivity contribution in [3.05, 3.63) is 16.6 Å². The van der Waals surface area contributed by atoms with Gasteiger partial charge in [0.15, 0.2) is 9.84 Å². The van der Waals surface area contributed by atoms with Crippen molar-refractivity contribution in [2.24, 2.45) is 11.8 Å². The highest BCUT2D eigenvalue weighted by Crippen LogP contribution is 2.28. The van der Waals surface area contributed by atoms with Crippen LogP contribution in [0.15, 0.2) is 11.6 Å². The summed E-state index contributed by atoms with van der Waals surface area (Å²) in [5, 5.41) is 12.2. The Labute approximate surface area is 99.3 Å². The quantitative estimate of drug-likeness (QED) is 0.867. The van der Waals surface area contributed by atoms with E-state index >= 15 is 0 Å². The number of rotatable bonds is 4. The summed E-state index contributed by atoms with van der Waals surface area (Å²) >= 11 is 1.55. The van der Waals surface area contributed by atoms with E-state index < -0.39 is 9.84 Å². The van der Waals surface area contributed by atoms with Crippen LogP contribution in [-0.2, 0) is 16.3 Å². The second-order valence-electron chi connectivity index (χ2n) is 4.24. The molecule has 0 bridgehead atoms. The van der Waals surface area contributed by atoms with Crippen molar-refractivity contribution in [3.63, 3.8) is 0 Å². The standard InChI is InChI=1S/C10H15NO3S2/c12-6-9(5-10-11-2-3-15-10)8-1-4-16(13,14)7-8/h2-3,8-9,12H,1,4-7H2. The maximum absolute atomic E-state index is 11.4. The number of hydrogen-bond donors (Lipinski definition) is 1. The molecule has 1 N–H and O–H groups in total. The van der Waals surface area contributed by atoms with Gasteiger partial charge in [-0.1, -0.05) is 0 Å². The van der Waals surface area contributed by atoms with Crippen molar-refractivity contribution in [2.75, 3.05) is 18.1 Å². The zero-order chi connectivity index (χ0) is 11.6. The van der Waals surface area contributed by atoms with E-state index in [1.54, 1.807) is 17.5 Å². The first-order valence-corrected chi connectivity index (χ1v) is 8.00. The summed E-state index contributed by atoms with van der Waals surface area (Å²) in [6.45, 7) is 0.0414. The lowest BCUT2D eigenvalue weighted by Gasteiger charge is -2.18. The summed E-state index contributed by atoms with van der Waals surface area (Å²) in [5.74, 6) is 0.623. The molecule has 0 spiro atoms. The van der Waals surface area contributed by atoms with E-state index in [0.29, 0.717) is 12.8 Å². The van der Waals surface area contributed by atoms with Crippen LogP contribution in [0.2, 0.25) is 0 Å². The molecule has 1 fully saturated rings. The fourth-order valence-electron chi connectivity index (χ4n) is 2.15. The molecule has 2 unspecified atom stereocenters. The van der Waals surface area contributed by atoms with Gasteiger partial charge in [0.25, 0.3) is 0 Å². The fraction of sp³-hybridized carbons (Fsp3) is 0.700. The van der Waals surface area contributed by atoms with Crippen LogP contribution in [0.5, 0.6) is 0 Å². The van der Waals surface area contributed by atoms with Gasteiger partial charge in [-0.05, 0) is 18.3 Å². The van der Waals surface area contributed by atoms with Crippen LogP contribution >= 0.6 is 11.3 Å². The summed E-state index contributed by atoms with van der Waals surface area (Å²) in [5.41, 5.74) is 0. The second kappa shape index (κ2) is 4.81. The Morgan fingerprint density at radius 3 is 2.94 bits per heavy atom. The van der Waals surface area contributed by atoms with Crippen LogP contribution in [0.1, 0.15) is 11.4 Å². The monoisotopic (exact) mass is 261 g/mol. The van der Waals surface area contributed by atoms with Gasteiger partial charge in [0, 0.05) is 24.6 Å². The van der Waals surface area contributed by atoms with E-state index in [1.807, 2.05) is 5.38 Å². The molecule has 1 aliphatic rings. The number of sulfone groups is 1. The topological polar surface area (TPSA) is 67.3 Å². The van der Waals surface area contributed by atoms with Crippen molar-refractivity contribution in [1.82, 2.24) is 4.98 Å². The molecule has 1 saturated heterocycles. The molecule has 2 rings (SSSR count). The number of aliphatic hydroxyl groups excluding tert-OH is 1. The van der Waals surface area contributed by atoms with Crippen molar-refractivity contribution in [1.29, 1.82) is 0 Å². The molecule has 6 heteroatoms. The minimum absolute atomic E-state index is 0.0309. The van der Waals surface area contributed by atoms with Crippen molar-refractivity contribution >= 4 is 21.2 Å². The molecule has 0 aliphatic carbocycles. The lowest BCUT2D eigenvalue weighted by Crippen LogP contribution is -2.22. The Morgan fingerprint density at radius 1 is 1.62 bits per heavy atom. The molecular formula is C10H15NO3S2. The second-order valence-corrected chi connectivity index (χ2v) is 7.44. The normalized spacial score (nSPS) is 25.7. The van der Waals surface area contributed by atoms with Crippen molar-refractivity contribution < 1.29 is 13.5 Å². The summed E-state index contributed by atoms with van der Waals surface area (Å²) in [6.07, 6.45) is 3.10. The number of thiazole rings is 1. The molecule has 2 heterocycles. The molecule has 0 radical (unpaired) electrons. The zero-order valence-corrected chi connectivity index (χ0v) is 10.5. The maximum atomic E-state index is 11.4. The third kappa shape index (κ3) is 2.81. The molecule has 1 aliphatic heterocycles. The van der Waals surface area contributed by atoms with Gasteiger partial charge >= 0.3 is 0 Å². The highest BCUT2D eigenvalue weighted by atomic mass is 32.2. The molecule has 4 nitrogen and oxygen atoms in total. The lowest BCUT2D eigenvalue weighted by atomic mass is 9.90. The first-order valence-electron chi connectivity index (χ1n) is 5.30. The molecule has 1 aromatic rings. The Morgan fingerprint density at radius 2 is 2.44 bits per heavy atom. The SMILES string of the molecule is O=S1(=O)CCC(C(CO)Cc2nccs2)C1. The summed E-state index contributed by atoms with van der Waals surface area (Å²) in [7, 11) is -2.86. The van der Waals surface area contributed by atoms with E-state index in [4.69, 9.17) is 0 Å². The van der Waals surface area contributed by atoms with Gasteiger partial charge in [-0.25, -0.2) is 13.4 Å². The minimum atomic E-state index is -2.86. The molecule has 0 aromatic carbocycles. The van der Waals surface area contributed by atoms with Gasteiger partial charge in [-0.15, -0.1) is 11.3 Å². The van der Waals surface area contributed by atoms with Gasteiger partial charge in [0.1, 0.15) is 0 Å². The third-order valence-electron chi connectivity index (χ3n) is 3.09. The average Bonchev–Trinajstić information content (AvgIpc) is 2.83. The Bertz CT molecular complexity index is 427. The molecule has 16 heavy (non-hydrogen) atoms. The number of nitrogens with zero attached hydrogens (tertiary/aromatic N) is 1. The van der Waals surface area contributed by atoms with Crippen molar-refractivity contribution in [2.45, 2.75) is 12.8 Å². The van der Waals surface area contributed by atoms with Crippen molar-refractivity contribution in [3.8, 4) is 0 Å². The summed E-state index contributed by atoms with van der Waals surface area (Å²) in [4.78, 5) is 4.17. The van der Waals surface area contributed by atoms with Gasteiger partial charge in [-0.2, -0.15) is 0 Å². The third-order valence-corrected chi connectivity index (χ3v) is 5.68. The average molecular weight is 261 g/mol. The van der Waals surface area contributed by atoms with E-state index in [9.17, 15) is 13.5 Å². The van der Waals surface area contributed by atoms with E-state index in [-0.39, 0.29) is 29.9 Å². The molecule has 0 saturated carbocycles. The first kappa shape index (κ1) is 12.0. The Kier molecular flexibility index (Phi) is 3.61. The smallest absolute Gasteiger partial charge is 0.150 e. The predicted octanol–water partition coefficient (Wildman–Crippen LogP) is 0.729. The van der Waals surface area contributed by atoms with Gasteiger partial charge in [0.05, 0.1) is 16.5 Å². The Balaban J connectivity index is 2.01. The van der Waals surface area contributed by atoms with Gasteiger partial charge < -0.3 is 5.11 Å². The van der Waals surface area contributed by atoms with Gasteiger partial charge in [-0.3, -0.25) is 0 Å². The number of aromatic nitrogens is 1. The van der Waals surface area contributed by atoms with Gasteiger partial charge in [0.2, 0.25) is 0 Å². The molecule has 0 amide bonds. The first-order chi connectivity index (χ1) is 7.61. The van der Waals surface area contributed by atoms with Crippen LogP contribution in [0, 0.1) is 11.8 Å².